The molecule has 1 N–H and O–H groups in total. The van der Waals surface area contributed by atoms with Gasteiger partial charge in [-0.25, -0.2) is 0 Å². The summed E-state index contributed by atoms with van der Waals surface area (Å²) in [5.74, 6) is -0.402. The number of hydrogen-bond donors (Lipinski definition) is 1. The van der Waals surface area contributed by atoms with Gasteiger partial charge in [-0.3, -0.25) is 14.4 Å². The minimum Gasteiger partial charge on any atom is -0.340 e. The molecule has 3 amide bonds. The molecule has 3 rings (SSSR count). The first kappa shape index (κ1) is 26.5. The highest BCUT2D eigenvalue weighted by Gasteiger charge is 2.35. The molecule has 0 aliphatic carbocycles. The Hall–Kier alpha value is -3.15. The van der Waals surface area contributed by atoms with E-state index >= 15 is 0 Å². The summed E-state index contributed by atoms with van der Waals surface area (Å²) in [6, 6.07) is 14.5. The summed E-state index contributed by atoms with van der Waals surface area (Å²) in [6.07, 6.45) is 3.26. The van der Waals surface area contributed by atoms with E-state index in [0.717, 1.165) is 24.8 Å². The lowest BCUT2D eigenvalue weighted by molar-refractivity contribution is -0.136. The molecule has 188 valence electrons. The fraction of sp³-hybridized carbons (Fsp3) is 0.483. The number of aryl methyl sites for hydroxylation is 2. The molecule has 1 saturated heterocycles. The Bertz CT molecular complexity index is 1010. The van der Waals surface area contributed by atoms with Gasteiger partial charge in [0.25, 0.3) is 11.8 Å². The lowest BCUT2D eigenvalue weighted by Gasteiger charge is -2.41. The third-order valence-corrected chi connectivity index (χ3v) is 6.75. The standard InChI is InChI=1S/C29H39N3O3/c1-6-7-8-23-11-15-24(16-12-23)27(33)30-26(20(2)3)29(35)31-17-18-32(22(5)19-31)28(34)25-13-9-21(4)10-14-25/h9-16,20,22,26H,6-8,17-19H2,1-5H3,(H,30,33). The monoisotopic (exact) mass is 477 g/mol. The van der Waals surface area contributed by atoms with Crippen molar-refractivity contribution in [3.05, 3.63) is 70.8 Å². The number of benzene rings is 2. The summed E-state index contributed by atoms with van der Waals surface area (Å²) < 4.78 is 0. The molecular formula is C29H39N3O3. The molecule has 6 nitrogen and oxygen atoms in total. The van der Waals surface area contributed by atoms with Crippen molar-refractivity contribution in [3.63, 3.8) is 0 Å². The maximum Gasteiger partial charge on any atom is 0.254 e. The molecule has 1 heterocycles. The van der Waals surface area contributed by atoms with Crippen LogP contribution in [0.3, 0.4) is 0 Å². The summed E-state index contributed by atoms with van der Waals surface area (Å²) >= 11 is 0. The Morgan fingerprint density at radius 2 is 1.60 bits per heavy atom. The zero-order valence-corrected chi connectivity index (χ0v) is 21.7. The van der Waals surface area contributed by atoms with Gasteiger partial charge in [0.1, 0.15) is 6.04 Å². The van der Waals surface area contributed by atoms with E-state index in [1.54, 1.807) is 4.90 Å². The van der Waals surface area contributed by atoms with Gasteiger partial charge in [0.05, 0.1) is 0 Å². The number of carbonyl (C=O) groups is 3. The average Bonchev–Trinajstić information content (AvgIpc) is 2.85. The van der Waals surface area contributed by atoms with Crippen LogP contribution in [-0.4, -0.2) is 59.2 Å². The predicted octanol–water partition coefficient (Wildman–Crippen LogP) is 4.47. The fourth-order valence-electron chi connectivity index (χ4n) is 4.46. The number of hydrogen-bond acceptors (Lipinski definition) is 3. The van der Waals surface area contributed by atoms with Crippen LogP contribution in [-0.2, 0) is 11.2 Å². The van der Waals surface area contributed by atoms with Gasteiger partial charge in [0.2, 0.25) is 5.91 Å². The molecule has 35 heavy (non-hydrogen) atoms. The highest BCUT2D eigenvalue weighted by molar-refractivity contribution is 5.98. The number of piperazine rings is 1. The van der Waals surface area contributed by atoms with Crippen molar-refractivity contribution >= 4 is 17.7 Å². The van der Waals surface area contributed by atoms with Gasteiger partial charge in [-0.05, 0) is 62.4 Å². The van der Waals surface area contributed by atoms with Crippen molar-refractivity contribution in [2.45, 2.75) is 66.0 Å². The molecule has 1 aliphatic rings. The maximum absolute atomic E-state index is 13.4. The lowest BCUT2D eigenvalue weighted by Crippen LogP contribution is -2.59. The van der Waals surface area contributed by atoms with Crippen LogP contribution >= 0.6 is 0 Å². The average molecular weight is 478 g/mol. The Morgan fingerprint density at radius 1 is 0.971 bits per heavy atom. The molecule has 2 aromatic carbocycles. The van der Waals surface area contributed by atoms with Crippen molar-refractivity contribution in [2.24, 2.45) is 5.92 Å². The molecule has 0 aromatic heterocycles. The van der Waals surface area contributed by atoms with Gasteiger partial charge < -0.3 is 15.1 Å². The highest BCUT2D eigenvalue weighted by atomic mass is 16.2. The van der Waals surface area contributed by atoms with Crippen LogP contribution in [0.5, 0.6) is 0 Å². The molecule has 0 bridgehead atoms. The second-order valence-corrected chi connectivity index (χ2v) is 9.99. The minimum absolute atomic E-state index is 0.0132. The van der Waals surface area contributed by atoms with Gasteiger partial charge in [-0.15, -0.1) is 0 Å². The third-order valence-electron chi connectivity index (χ3n) is 6.75. The van der Waals surface area contributed by atoms with Crippen molar-refractivity contribution in [1.29, 1.82) is 0 Å². The summed E-state index contributed by atoms with van der Waals surface area (Å²) in [6.45, 7) is 11.4. The molecule has 0 spiro atoms. The summed E-state index contributed by atoms with van der Waals surface area (Å²) in [5.41, 5.74) is 3.55. The first-order valence-electron chi connectivity index (χ1n) is 12.8. The van der Waals surface area contributed by atoms with E-state index in [1.807, 2.05) is 81.1 Å². The minimum atomic E-state index is -0.617. The second-order valence-electron chi connectivity index (χ2n) is 9.99. The molecule has 2 unspecified atom stereocenters. The van der Waals surface area contributed by atoms with Crippen LogP contribution in [0.25, 0.3) is 0 Å². The van der Waals surface area contributed by atoms with Gasteiger partial charge in [0, 0.05) is 36.8 Å². The molecule has 2 aromatic rings. The molecule has 0 saturated carbocycles. The fourth-order valence-corrected chi connectivity index (χ4v) is 4.46. The molecule has 1 fully saturated rings. The third kappa shape index (κ3) is 6.71. The van der Waals surface area contributed by atoms with E-state index in [-0.39, 0.29) is 29.7 Å². The Morgan fingerprint density at radius 3 is 2.17 bits per heavy atom. The van der Waals surface area contributed by atoms with Gasteiger partial charge in [-0.1, -0.05) is 57.0 Å². The summed E-state index contributed by atoms with van der Waals surface area (Å²) in [5, 5.41) is 2.96. The van der Waals surface area contributed by atoms with Crippen LogP contribution < -0.4 is 5.32 Å². The maximum atomic E-state index is 13.4. The van der Waals surface area contributed by atoms with Crippen LogP contribution in [0.4, 0.5) is 0 Å². The van der Waals surface area contributed by atoms with Gasteiger partial charge in [0.15, 0.2) is 0 Å². The van der Waals surface area contributed by atoms with Crippen molar-refractivity contribution < 1.29 is 14.4 Å². The number of amides is 3. The molecular weight excluding hydrogens is 438 g/mol. The van der Waals surface area contributed by atoms with Gasteiger partial charge >= 0.3 is 0 Å². The van der Waals surface area contributed by atoms with E-state index in [4.69, 9.17) is 0 Å². The quantitative estimate of drug-likeness (QED) is 0.610. The first-order valence-corrected chi connectivity index (χ1v) is 12.8. The highest BCUT2D eigenvalue weighted by Crippen LogP contribution is 2.18. The second kappa shape index (κ2) is 12.0. The van der Waals surface area contributed by atoms with Crippen LogP contribution in [0, 0.1) is 12.8 Å². The van der Waals surface area contributed by atoms with Crippen LogP contribution in [0.15, 0.2) is 48.5 Å². The molecule has 6 heteroatoms. The van der Waals surface area contributed by atoms with Gasteiger partial charge in [-0.2, -0.15) is 0 Å². The largest absolute Gasteiger partial charge is 0.340 e. The molecule has 2 atom stereocenters. The zero-order chi connectivity index (χ0) is 25.5. The van der Waals surface area contributed by atoms with Crippen molar-refractivity contribution in [1.82, 2.24) is 15.1 Å². The van der Waals surface area contributed by atoms with E-state index < -0.39 is 6.04 Å². The summed E-state index contributed by atoms with van der Waals surface area (Å²) in [7, 11) is 0. The summed E-state index contributed by atoms with van der Waals surface area (Å²) in [4.78, 5) is 42.9. The normalized spacial score (nSPS) is 16.8. The molecule has 0 radical (unpaired) electrons. The lowest BCUT2D eigenvalue weighted by atomic mass is 10.0. The van der Waals surface area contributed by atoms with Crippen molar-refractivity contribution in [2.75, 3.05) is 19.6 Å². The zero-order valence-electron chi connectivity index (χ0n) is 21.7. The van der Waals surface area contributed by atoms with Crippen molar-refractivity contribution in [3.8, 4) is 0 Å². The van der Waals surface area contributed by atoms with E-state index in [9.17, 15) is 14.4 Å². The van der Waals surface area contributed by atoms with E-state index in [1.165, 1.54) is 5.56 Å². The number of nitrogens with zero attached hydrogens (tertiary/aromatic N) is 2. The Labute approximate surface area is 209 Å². The Balaban J connectivity index is 1.62. The van der Waals surface area contributed by atoms with Crippen LogP contribution in [0.2, 0.25) is 0 Å². The Kier molecular flexibility index (Phi) is 9.07. The van der Waals surface area contributed by atoms with E-state index in [0.29, 0.717) is 30.8 Å². The first-order chi connectivity index (χ1) is 16.7. The predicted molar refractivity (Wildman–Crippen MR) is 139 cm³/mol. The number of nitrogens with one attached hydrogen (secondary N) is 1. The number of carbonyl (C=O) groups excluding carboxylic acids is 3. The number of rotatable bonds is 8. The molecule has 1 aliphatic heterocycles. The van der Waals surface area contributed by atoms with Crippen LogP contribution in [0.1, 0.15) is 72.4 Å². The smallest absolute Gasteiger partial charge is 0.254 e. The number of unbranched alkanes of at least 4 members (excludes halogenated alkanes) is 1. The van der Waals surface area contributed by atoms with E-state index in [2.05, 4.69) is 12.2 Å². The SMILES string of the molecule is CCCCc1ccc(C(=O)NC(C(=O)N2CCN(C(=O)c3ccc(C)cc3)C(C)C2)C(C)C)cc1. The topological polar surface area (TPSA) is 69.7 Å².